The molecule has 6 heteroatoms. The second-order valence-corrected chi connectivity index (χ2v) is 7.11. The van der Waals surface area contributed by atoms with Gasteiger partial charge in [-0.3, -0.25) is 9.59 Å². The van der Waals surface area contributed by atoms with Gasteiger partial charge in [0.25, 0.3) is 5.91 Å². The Hall–Kier alpha value is -3.28. The van der Waals surface area contributed by atoms with Crippen LogP contribution in [0.4, 0.5) is 0 Å². The average Bonchev–Trinajstić information content (AvgIpc) is 2.99. The number of rotatable bonds is 7. The Labute approximate surface area is 170 Å². The lowest BCUT2D eigenvalue weighted by Gasteiger charge is -2.11. The van der Waals surface area contributed by atoms with Gasteiger partial charge in [-0.2, -0.15) is 0 Å². The maximum absolute atomic E-state index is 12.4. The first-order chi connectivity index (χ1) is 13.9. The highest BCUT2D eigenvalue weighted by Gasteiger charge is 2.14. The van der Waals surface area contributed by atoms with Gasteiger partial charge < -0.3 is 20.4 Å². The van der Waals surface area contributed by atoms with Crippen LogP contribution in [0.25, 0.3) is 10.9 Å². The van der Waals surface area contributed by atoms with Crippen molar-refractivity contribution in [2.45, 2.75) is 34.2 Å². The Morgan fingerprint density at radius 1 is 1.07 bits per heavy atom. The molecule has 3 N–H and O–H groups in total. The van der Waals surface area contributed by atoms with E-state index in [-0.39, 0.29) is 18.4 Å². The summed E-state index contributed by atoms with van der Waals surface area (Å²) in [6.45, 7) is 8.79. The predicted octanol–water partition coefficient (Wildman–Crippen LogP) is 3.54. The van der Waals surface area contributed by atoms with Crippen molar-refractivity contribution in [1.29, 1.82) is 0 Å². The molecule has 0 spiro atoms. The standard InChI is InChI=1S/C23H27N3O3/c1-5-29-20-9-7-6-8-18(20)23(28)25-13-21(27)24-12-17-10-14(2)11-19-15(3)16(4)26-22(17)19/h6-11,26H,5,12-13H2,1-4H3,(H,24,27)(H,25,28). The number of amides is 2. The van der Waals surface area contributed by atoms with E-state index < -0.39 is 0 Å². The summed E-state index contributed by atoms with van der Waals surface area (Å²) in [6, 6.07) is 11.2. The number of hydrogen-bond acceptors (Lipinski definition) is 3. The van der Waals surface area contributed by atoms with Crippen molar-refractivity contribution >= 4 is 22.7 Å². The Kier molecular flexibility index (Phi) is 6.22. The molecule has 0 aliphatic carbocycles. The van der Waals surface area contributed by atoms with Gasteiger partial charge in [-0.1, -0.05) is 23.8 Å². The fourth-order valence-electron chi connectivity index (χ4n) is 3.38. The van der Waals surface area contributed by atoms with Crippen LogP contribution >= 0.6 is 0 Å². The van der Waals surface area contributed by atoms with Crippen molar-refractivity contribution in [1.82, 2.24) is 15.6 Å². The summed E-state index contributed by atoms with van der Waals surface area (Å²) >= 11 is 0. The average molecular weight is 393 g/mol. The van der Waals surface area contributed by atoms with Crippen molar-refractivity contribution in [3.8, 4) is 5.75 Å². The van der Waals surface area contributed by atoms with Crippen LogP contribution in [-0.4, -0.2) is 29.9 Å². The van der Waals surface area contributed by atoms with Crippen LogP contribution in [0.15, 0.2) is 36.4 Å². The third kappa shape index (κ3) is 4.59. The van der Waals surface area contributed by atoms with E-state index in [1.54, 1.807) is 24.3 Å². The first kappa shape index (κ1) is 20.5. The Balaban J connectivity index is 1.62. The topological polar surface area (TPSA) is 83.2 Å². The summed E-state index contributed by atoms with van der Waals surface area (Å²) in [5.74, 6) is -0.0767. The lowest BCUT2D eigenvalue weighted by atomic mass is 10.0. The van der Waals surface area contributed by atoms with Crippen molar-refractivity contribution in [3.05, 3.63) is 64.3 Å². The number of carbonyl (C=O) groups excluding carboxylic acids is 2. The lowest BCUT2D eigenvalue weighted by molar-refractivity contribution is -0.120. The van der Waals surface area contributed by atoms with Gasteiger partial charge in [-0.25, -0.2) is 0 Å². The van der Waals surface area contributed by atoms with Gasteiger partial charge in [0.1, 0.15) is 5.75 Å². The van der Waals surface area contributed by atoms with Crippen molar-refractivity contribution in [2.24, 2.45) is 0 Å². The molecule has 0 fully saturated rings. The van der Waals surface area contributed by atoms with E-state index in [9.17, 15) is 9.59 Å². The van der Waals surface area contributed by atoms with Gasteiger partial charge in [-0.05, 0) is 57.0 Å². The zero-order valence-electron chi connectivity index (χ0n) is 17.3. The molecule has 0 bridgehead atoms. The zero-order chi connectivity index (χ0) is 21.0. The third-order valence-electron chi connectivity index (χ3n) is 4.96. The molecular weight excluding hydrogens is 366 g/mol. The van der Waals surface area contributed by atoms with Gasteiger partial charge in [0.15, 0.2) is 0 Å². The third-order valence-corrected chi connectivity index (χ3v) is 4.96. The number of ether oxygens (including phenoxy) is 1. The summed E-state index contributed by atoms with van der Waals surface area (Å²) in [6.07, 6.45) is 0. The first-order valence-corrected chi connectivity index (χ1v) is 9.75. The van der Waals surface area contributed by atoms with Gasteiger partial charge in [-0.15, -0.1) is 0 Å². The fraction of sp³-hybridized carbons (Fsp3) is 0.304. The number of hydrogen-bond donors (Lipinski definition) is 3. The maximum Gasteiger partial charge on any atom is 0.255 e. The molecule has 2 amide bonds. The summed E-state index contributed by atoms with van der Waals surface area (Å²) in [5.41, 5.74) is 5.97. The summed E-state index contributed by atoms with van der Waals surface area (Å²) in [4.78, 5) is 28.1. The minimum Gasteiger partial charge on any atom is -0.493 e. The number of H-pyrrole nitrogens is 1. The molecule has 6 nitrogen and oxygen atoms in total. The molecule has 0 saturated carbocycles. The van der Waals surface area contributed by atoms with E-state index in [1.807, 2.05) is 20.8 Å². The molecule has 152 valence electrons. The molecule has 0 unspecified atom stereocenters. The molecule has 3 aromatic rings. The Bertz CT molecular complexity index is 1050. The molecule has 3 rings (SSSR count). The van der Waals surface area contributed by atoms with Crippen LogP contribution in [0, 0.1) is 20.8 Å². The van der Waals surface area contributed by atoms with Crippen molar-refractivity contribution in [2.75, 3.05) is 13.2 Å². The number of nitrogens with one attached hydrogen (secondary N) is 3. The van der Waals surface area contributed by atoms with Gasteiger partial charge in [0, 0.05) is 17.6 Å². The van der Waals surface area contributed by atoms with Gasteiger partial charge in [0.2, 0.25) is 5.91 Å². The van der Waals surface area contributed by atoms with Crippen LogP contribution in [0.5, 0.6) is 5.75 Å². The number of aryl methyl sites for hydroxylation is 3. The highest BCUT2D eigenvalue weighted by Crippen LogP contribution is 2.26. The number of fused-ring (bicyclic) bond motifs is 1. The highest BCUT2D eigenvalue weighted by molar-refractivity contribution is 5.98. The van der Waals surface area contributed by atoms with E-state index in [4.69, 9.17) is 4.74 Å². The largest absolute Gasteiger partial charge is 0.493 e. The van der Waals surface area contributed by atoms with Crippen molar-refractivity contribution in [3.63, 3.8) is 0 Å². The molecule has 0 saturated heterocycles. The molecule has 0 radical (unpaired) electrons. The van der Waals surface area contributed by atoms with Crippen LogP contribution in [0.3, 0.4) is 0 Å². The molecule has 1 heterocycles. The fourth-order valence-corrected chi connectivity index (χ4v) is 3.38. The monoisotopic (exact) mass is 393 g/mol. The van der Waals surface area contributed by atoms with Gasteiger partial charge in [0.05, 0.1) is 24.2 Å². The van der Waals surface area contributed by atoms with Crippen LogP contribution in [0.2, 0.25) is 0 Å². The van der Waals surface area contributed by atoms with E-state index >= 15 is 0 Å². The predicted molar refractivity (Wildman–Crippen MR) is 114 cm³/mol. The lowest BCUT2D eigenvalue weighted by Crippen LogP contribution is -2.36. The summed E-state index contributed by atoms with van der Waals surface area (Å²) in [5, 5.41) is 6.72. The normalized spacial score (nSPS) is 10.8. The summed E-state index contributed by atoms with van der Waals surface area (Å²) in [7, 11) is 0. The van der Waals surface area contributed by atoms with E-state index in [1.165, 1.54) is 10.9 Å². The Morgan fingerprint density at radius 3 is 2.59 bits per heavy atom. The minimum atomic E-state index is -0.335. The number of benzene rings is 2. The van der Waals surface area contributed by atoms with Crippen LogP contribution in [-0.2, 0) is 11.3 Å². The second kappa shape index (κ2) is 8.82. The number of aromatic amines is 1. The van der Waals surface area contributed by atoms with E-state index in [0.29, 0.717) is 24.5 Å². The SMILES string of the molecule is CCOc1ccccc1C(=O)NCC(=O)NCc1cc(C)cc2c(C)c(C)[nH]c12. The number of aromatic nitrogens is 1. The highest BCUT2D eigenvalue weighted by atomic mass is 16.5. The van der Waals surface area contributed by atoms with E-state index in [0.717, 1.165) is 22.3 Å². The molecule has 0 aliphatic rings. The smallest absolute Gasteiger partial charge is 0.255 e. The van der Waals surface area contributed by atoms with Crippen LogP contribution < -0.4 is 15.4 Å². The molecule has 0 aliphatic heterocycles. The van der Waals surface area contributed by atoms with E-state index in [2.05, 4.69) is 34.7 Å². The maximum atomic E-state index is 12.4. The first-order valence-electron chi connectivity index (χ1n) is 9.75. The number of carbonyl (C=O) groups is 2. The minimum absolute atomic E-state index is 0.100. The summed E-state index contributed by atoms with van der Waals surface area (Å²) < 4.78 is 5.47. The number of para-hydroxylation sites is 1. The van der Waals surface area contributed by atoms with Crippen LogP contribution in [0.1, 0.15) is 39.7 Å². The zero-order valence-corrected chi connectivity index (χ0v) is 17.3. The second-order valence-electron chi connectivity index (χ2n) is 7.11. The molecule has 1 aromatic heterocycles. The molecular formula is C23H27N3O3. The molecule has 2 aromatic carbocycles. The Morgan fingerprint density at radius 2 is 1.83 bits per heavy atom. The van der Waals surface area contributed by atoms with Gasteiger partial charge >= 0.3 is 0 Å². The molecule has 29 heavy (non-hydrogen) atoms. The van der Waals surface area contributed by atoms with Crippen molar-refractivity contribution < 1.29 is 14.3 Å². The quantitative estimate of drug-likeness (QED) is 0.574. The molecule has 0 atom stereocenters.